The van der Waals surface area contributed by atoms with Crippen LogP contribution in [0.25, 0.3) is 0 Å². The van der Waals surface area contributed by atoms with E-state index in [4.69, 9.17) is 5.11 Å². The van der Waals surface area contributed by atoms with Crippen molar-refractivity contribution < 1.29 is 50.5 Å². The van der Waals surface area contributed by atoms with E-state index >= 15 is 0 Å². The van der Waals surface area contributed by atoms with Crippen LogP contribution in [0.3, 0.4) is 0 Å². The number of aliphatic hydroxyl groups is 2. The molecule has 0 aliphatic carbocycles. The Kier molecular flexibility index (Phi) is 8.99. The van der Waals surface area contributed by atoms with Crippen LogP contribution in [0, 0.1) is 5.82 Å². The Morgan fingerprint density at radius 2 is 1.50 bits per heavy atom. The second-order valence-corrected chi connectivity index (χ2v) is 9.04. The molecule has 2 aromatic rings. The average Bonchev–Trinajstić information content (AvgIpc) is 2.87. The molecule has 1 fully saturated rings. The van der Waals surface area contributed by atoms with Crippen LogP contribution in [0.4, 0.5) is 41.2 Å². The highest BCUT2D eigenvalue weighted by molar-refractivity contribution is 5.95. The summed E-state index contributed by atoms with van der Waals surface area (Å²) in [6.45, 7) is 4.20. The maximum absolute atomic E-state index is 14.4. The maximum atomic E-state index is 14.4. The SMILES string of the molecule is C=C(O)CNC(=O)Nc1ccc(C(=O)N2CCN(Cc3ccc(C(O)(C(F)(F)F)C(F)(F)F)cc3)CC2)cc1F. The van der Waals surface area contributed by atoms with Gasteiger partial charge in [-0.15, -0.1) is 0 Å². The molecular weight excluding hydrogens is 553 g/mol. The minimum atomic E-state index is -5.97. The normalized spacial score (nSPS) is 15.1. The maximum Gasteiger partial charge on any atom is 0.430 e. The molecule has 0 saturated carbocycles. The van der Waals surface area contributed by atoms with Crippen LogP contribution >= 0.6 is 0 Å². The van der Waals surface area contributed by atoms with Crippen LogP contribution in [-0.4, -0.2) is 77.0 Å². The Morgan fingerprint density at radius 1 is 0.925 bits per heavy atom. The van der Waals surface area contributed by atoms with Gasteiger partial charge in [-0.2, -0.15) is 26.3 Å². The fraction of sp³-hybridized carbons (Fsp3) is 0.360. The number of hydrogen-bond donors (Lipinski definition) is 4. The van der Waals surface area contributed by atoms with Crippen LogP contribution in [0.1, 0.15) is 21.5 Å². The molecule has 3 rings (SSSR count). The third kappa shape index (κ3) is 6.83. The van der Waals surface area contributed by atoms with Crippen molar-refractivity contribution in [2.75, 3.05) is 38.0 Å². The van der Waals surface area contributed by atoms with E-state index in [0.717, 1.165) is 18.2 Å². The molecule has 1 aliphatic rings. The molecule has 0 atom stereocenters. The number of rotatable bonds is 7. The number of carbonyl (C=O) groups is 2. The molecule has 8 nitrogen and oxygen atoms in total. The number of carbonyl (C=O) groups excluding carboxylic acids is 2. The van der Waals surface area contributed by atoms with Gasteiger partial charge in [-0.25, -0.2) is 9.18 Å². The van der Waals surface area contributed by atoms with Crippen LogP contribution < -0.4 is 10.6 Å². The molecule has 40 heavy (non-hydrogen) atoms. The lowest BCUT2D eigenvalue weighted by Crippen LogP contribution is -2.53. The van der Waals surface area contributed by atoms with Gasteiger partial charge < -0.3 is 25.7 Å². The van der Waals surface area contributed by atoms with E-state index in [1.807, 2.05) is 4.90 Å². The number of nitrogens with zero attached hydrogens (tertiary/aromatic N) is 2. The van der Waals surface area contributed by atoms with Crippen molar-refractivity contribution >= 4 is 17.6 Å². The lowest BCUT2D eigenvalue weighted by Gasteiger charge is -2.35. The quantitative estimate of drug-likeness (QED) is 0.290. The van der Waals surface area contributed by atoms with E-state index in [0.29, 0.717) is 30.8 Å². The highest BCUT2D eigenvalue weighted by Crippen LogP contribution is 2.49. The number of benzene rings is 2. The fourth-order valence-corrected chi connectivity index (χ4v) is 3.99. The number of halogens is 7. The summed E-state index contributed by atoms with van der Waals surface area (Å²) < 4.78 is 92.9. The second kappa shape index (κ2) is 11.7. The summed E-state index contributed by atoms with van der Waals surface area (Å²) in [6.07, 6.45) is -11.9. The molecule has 0 unspecified atom stereocenters. The first-order valence-corrected chi connectivity index (χ1v) is 11.7. The van der Waals surface area contributed by atoms with E-state index in [-0.39, 0.29) is 43.2 Å². The molecule has 2 aromatic carbocycles. The van der Waals surface area contributed by atoms with E-state index in [1.165, 1.54) is 17.0 Å². The molecule has 1 aliphatic heterocycles. The summed E-state index contributed by atoms with van der Waals surface area (Å²) in [4.78, 5) is 27.8. The zero-order chi connectivity index (χ0) is 29.9. The lowest BCUT2D eigenvalue weighted by molar-refractivity contribution is -0.376. The molecule has 15 heteroatoms. The summed E-state index contributed by atoms with van der Waals surface area (Å²) in [5.74, 6) is -1.64. The Balaban J connectivity index is 1.57. The Hall–Kier alpha value is -3.85. The number of alkyl halides is 6. The third-order valence-corrected chi connectivity index (χ3v) is 6.18. The van der Waals surface area contributed by atoms with Crippen molar-refractivity contribution in [3.63, 3.8) is 0 Å². The molecule has 1 heterocycles. The molecule has 0 spiro atoms. The van der Waals surface area contributed by atoms with Crippen molar-refractivity contribution in [3.05, 3.63) is 77.3 Å². The van der Waals surface area contributed by atoms with Crippen molar-refractivity contribution in [2.24, 2.45) is 0 Å². The highest BCUT2D eigenvalue weighted by atomic mass is 19.4. The van der Waals surface area contributed by atoms with Gasteiger partial charge in [0.1, 0.15) is 11.6 Å². The van der Waals surface area contributed by atoms with E-state index in [9.17, 15) is 45.4 Å². The molecule has 218 valence electrons. The summed E-state index contributed by atoms with van der Waals surface area (Å²) in [5, 5.41) is 23.0. The van der Waals surface area contributed by atoms with Gasteiger partial charge in [0.05, 0.1) is 12.2 Å². The van der Waals surface area contributed by atoms with Gasteiger partial charge in [-0.05, 0) is 23.8 Å². The summed E-state index contributed by atoms with van der Waals surface area (Å²) in [5.41, 5.74) is -6.12. The number of urea groups is 1. The predicted octanol–water partition coefficient (Wildman–Crippen LogP) is 4.29. The standard InChI is InChI=1S/C25H25F7N4O4/c1-15(37)13-33-22(39)34-20-7-4-17(12-19(20)26)21(38)36-10-8-35(9-11-36)14-16-2-5-18(6-3-16)23(40,24(27,28)29)25(30,31)32/h2-7,12,37,40H,1,8-11,13-14H2,(H2,33,34,39). The fourth-order valence-electron chi connectivity index (χ4n) is 3.99. The summed E-state index contributed by atoms with van der Waals surface area (Å²) in [7, 11) is 0. The topological polar surface area (TPSA) is 105 Å². The van der Waals surface area contributed by atoms with Crippen LogP contribution in [0.5, 0.6) is 0 Å². The highest BCUT2D eigenvalue weighted by Gasteiger charge is 2.71. The zero-order valence-corrected chi connectivity index (χ0v) is 20.7. The van der Waals surface area contributed by atoms with Gasteiger partial charge in [0.15, 0.2) is 0 Å². The van der Waals surface area contributed by atoms with Crippen LogP contribution in [0.2, 0.25) is 0 Å². The molecule has 1 saturated heterocycles. The summed E-state index contributed by atoms with van der Waals surface area (Å²) in [6, 6.07) is 5.97. The number of amides is 3. The Bertz CT molecular complexity index is 1230. The molecule has 3 amide bonds. The smallest absolute Gasteiger partial charge is 0.430 e. The van der Waals surface area contributed by atoms with Gasteiger partial charge in [-0.3, -0.25) is 9.69 Å². The molecular formula is C25H25F7N4O4. The van der Waals surface area contributed by atoms with Crippen molar-refractivity contribution in [2.45, 2.75) is 24.5 Å². The van der Waals surface area contributed by atoms with E-state index in [2.05, 4.69) is 17.2 Å². The van der Waals surface area contributed by atoms with E-state index in [1.54, 1.807) is 0 Å². The van der Waals surface area contributed by atoms with Crippen molar-refractivity contribution in [1.29, 1.82) is 0 Å². The van der Waals surface area contributed by atoms with Gasteiger partial charge in [0.2, 0.25) is 0 Å². The molecule has 0 aromatic heterocycles. The summed E-state index contributed by atoms with van der Waals surface area (Å²) >= 11 is 0. The lowest BCUT2D eigenvalue weighted by atomic mass is 9.91. The van der Waals surface area contributed by atoms with Crippen molar-refractivity contribution in [3.8, 4) is 0 Å². The van der Waals surface area contributed by atoms with Gasteiger partial charge in [0, 0.05) is 43.9 Å². The zero-order valence-electron chi connectivity index (χ0n) is 20.7. The Labute approximate surface area is 223 Å². The minimum Gasteiger partial charge on any atom is -0.511 e. The number of anilines is 1. The average molecular weight is 578 g/mol. The Morgan fingerprint density at radius 3 is 2.00 bits per heavy atom. The van der Waals surface area contributed by atoms with Crippen LogP contribution in [-0.2, 0) is 12.1 Å². The monoisotopic (exact) mass is 578 g/mol. The predicted molar refractivity (Wildman–Crippen MR) is 129 cm³/mol. The van der Waals surface area contributed by atoms with Gasteiger partial charge in [-0.1, -0.05) is 30.8 Å². The van der Waals surface area contributed by atoms with Gasteiger partial charge in [0.25, 0.3) is 11.5 Å². The molecule has 0 bridgehead atoms. The van der Waals surface area contributed by atoms with Gasteiger partial charge >= 0.3 is 18.4 Å². The number of aliphatic hydroxyl groups excluding tert-OH is 1. The second-order valence-electron chi connectivity index (χ2n) is 9.04. The third-order valence-electron chi connectivity index (χ3n) is 6.18. The van der Waals surface area contributed by atoms with E-state index < -0.39 is 41.3 Å². The molecule has 4 N–H and O–H groups in total. The minimum absolute atomic E-state index is 0.0260. The van der Waals surface area contributed by atoms with Crippen molar-refractivity contribution in [1.82, 2.24) is 15.1 Å². The van der Waals surface area contributed by atoms with Crippen LogP contribution in [0.15, 0.2) is 54.8 Å². The first-order chi connectivity index (χ1) is 18.5. The first kappa shape index (κ1) is 30.7. The number of hydrogen-bond acceptors (Lipinski definition) is 5. The number of piperazine rings is 1. The molecule has 0 radical (unpaired) electrons. The largest absolute Gasteiger partial charge is 0.511 e. The number of nitrogens with one attached hydrogen (secondary N) is 2. The first-order valence-electron chi connectivity index (χ1n) is 11.7.